The maximum absolute atomic E-state index is 5.79. The van der Waals surface area contributed by atoms with Crippen LogP contribution in [0.5, 0.6) is 0 Å². The molecule has 474 valence electrons. The van der Waals surface area contributed by atoms with Gasteiger partial charge >= 0.3 is 34.4 Å². The molecule has 0 spiro atoms. The Morgan fingerprint density at radius 1 is 0.143 bits per heavy atom. The molecule has 0 heterocycles. The summed E-state index contributed by atoms with van der Waals surface area (Å²) in [5, 5.41) is 22.2. The van der Waals surface area contributed by atoms with Crippen molar-refractivity contribution in [2.45, 2.75) is 166 Å². The average molecular weight is 1240 g/mol. The summed E-state index contributed by atoms with van der Waals surface area (Å²) < 4.78 is 69.5. The molecule has 0 N–H and O–H groups in total. The zero-order valence-corrected chi connectivity index (χ0v) is 57.9. The second kappa shape index (κ2) is 61.8. The topological polar surface area (TPSA) is 150 Å². The molecule has 0 bridgehead atoms. The SMILES string of the molecule is CCN(CC)OP(ON(CC)CC)ON(CC)CC.CCN(CC)OP(ON(CC)CC)ON(CC)CC.CCN(CC)OP(ON(CC)CC)ON(CC)CC.CCN(CC)OP(ON(CC)CC)ON(CC)CC.[Ni]. The van der Waals surface area contributed by atoms with Crippen molar-refractivity contribution in [3.8, 4) is 0 Å². The van der Waals surface area contributed by atoms with E-state index in [0.29, 0.717) is 0 Å². The number of hydrogen-bond acceptors (Lipinski definition) is 24. The van der Waals surface area contributed by atoms with Gasteiger partial charge in [0.2, 0.25) is 0 Å². The van der Waals surface area contributed by atoms with Crippen LogP contribution in [0, 0.1) is 0 Å². The molecule has 77 heavy (non-hydrogen) atoms. The van der Waals surface area contributed by atoms with Crippen LogP contribution < -0.4 is 0 Å². The Balaban J connectivity index is -0.000000298. The van der Waals surface area contributed by atoms with Crippen molar-refractivity contribution in [3.05, 3.63) is 0 Å². The van der Waals surface area contributed by atoms with Gasteiger partial charge in [0.25, 0.3) is 0 Å². The Kier molecular flexibility index (Phi) is 69.9. The zero-order chi connectivity index (χ0) is 58.7. The van der Waals surface area contributed by atoms with Crippen molar-refractivity contribution in [1.29, 1.82) is 0 Å². The van der Waals surface area contributed by atoms with E-state index in [9.17, 15) is 0 Å². The molecule has 0 saturated carbocycles. The summed E-state index contributed by atoms with van der Waals surface area (Å²) in [5.74, 6) is 0. The van der Waals surface area contributed by atoms with E-state index in [1.165, 1.54) is 0 Å². The molecule has 0 radical (unpaired) electrons. The number of hydroxylamine groups is 24. The number of nitrogens with zero attached hydrogens (tertiary/aromatic N) is 12. The first-order valence-electron chi connectivity index (χ1n) is 28.9. The molecule has 0 aliphatic rings. The van der Waals surface area contributed by atoms with E-state index in [4.69, 9.17) is 55.5 Å². The smallest absolute Gasteiger partial charge is 0.219 e. The minimum Gasteiger partial charge on any atom is -0.219 e. The summed E-state index contributed by atoms with van der Waals surface area (Å²) in [6, 6.07) is 0. The van der Waals surface area contributed by atoms with Crippen LogP contribution in [-0.4, -0.2) is 218 Å². The van der Waals surface area contributed by atoms with Gasteiger partial charge in [-0.1, -0.05) is 166 Å². The molecule has 0 aromatic heterocycles. The van der Waals surface area contributed by atoms with Crippen LogP contribution in [0.3, 0.4) is 0 Å². The normalized spacial score (nSPS) is 12.2. The van der Waals surface area contributed by atoms with Crippen molar-refractivity contribution in [1.82, 2.24) is 60.8 Å². The molecular formula is C48H120N12NiO12P4. The molecule has 0 aromatic rings. The van der Waals surface area contributed by atoms with E-state index in [1.54, 1.807) is 0 Å². The molecule has 0 aliphatic heterocycles. The van der Waals surface area contributed by atoms with Crippen molar-refractivity contribution in [2.24, 2.45) is 0 Å². The fraction of sp³-hybridized carbons (Fsp3) is 1.00. The Hall–Kier alpha value is 1.25. The van der Waals surface area contributed by atoms with Crippen LogP contribution in [0.4, 0.5) is 0 Å². The zero-order valence-electron chi connectivity index (χ0n) is 53.3. The molecule has 0 atom stereocenters. The Bertz CT molecular complexity index is 845. The largest absolute Gasteiger partial charge is 0.387 e. The Morgan fingerprint density at radius 2 is 0.195 bits per heavy atom. The van der Waals surface area contributed by atoms with Gasteiger partial charge in [0.1, 0.15) is 0 Å². The van der Waals surface area contributed by atoms with E-state index >= 15 is 0 Å². The van der Waals surface area contributed by atoms with Crippen LogP contribution in [0.1, 0.15) is 166 Å². The van der Waals surface area contributed by atoms with Crippen molar-refractivity contribution in [2.75, 3.05) is 157 Å². The Morgan fingerprint density at radius 3 is 0.234 bits per heavy atom. The van der Waals surface area contributed by atoms with Gasteiger partial charge in [-0.05, 0) is 0 Å². The molecule has 0 amide bonds. The molecule has 0 rings (SSSR count). The average Bonchev–Trinajstić information content (AvgIpc) is 3.46. The summed E-state index contributed by atoms with van der Waals surface area (Å²) in [5.41, 5.74) is 0. The van der Waals surface area contributed by atoms with Gasteiger partial charge in [0, 0.05) is 174 Å². The fourth-order valence-corrected chi connectivity index (χ4v) is 10.8. The number of hydrogen-bond donors (Lipinski definition) is 0. The van der Waals surface area contributed by atoms with E-state index < -0.39 is 34.4 Å². The summed E-state index contributed by atoms with van der Waals surface area (Å²) in [6.45, 7) is 68.4. The summed E-state index contributed by atoms with van der Waals surface area (Å²) in [7, 11) is -5.74. The van der Waals surface area contributed by atoms with Gasteiger partial charge in [-0.25, -0.2) is 55.5 Å². The first-order chi connectivity index (χ1) is 36.6. The third kappa shape index (κ3) is 46.3. The maximum Gasteiger partial charge on any atom is 0.387 e. The van der Waals surface area contributed by atoms with E-state index in [0.717, 1.165) is 157 Å². The third-order valence-corrected chi connectivity index (χ3v) is 15.0. The van der Waals surface area contributed by atoms with Gasteiger partial charge in [-0.3, -0.25) is 0 Å². The van der Waals surface area contributed by atoms with E-state index in [-0.39, 0.29) is 16.5 Å². The first kappa shape index (κ1) is 87.0. The van der Waals surface area contributed by atoms with Crippen LogP contribution in [-0.2, 0) is 72.0 Å². The number of rotatable bonds is 48. The van der Waals surface area contributed by atoms with Crippen LogP contribution in [0.15, 0.2) is 0 Å². The fourth-order valence-electron chi connectivity index (χ4n) is 5.38. The van der Waals surface area contributed by atoms with Crippen LogP contribution in [0.2, 0.25) is 0 Å². The van der Waals surface area contributed by atoms with Crippen LogP contribution >= 0.6 is 34.4 Å². The summed E-state index contributed by atoms with van der Waals surface area (Å²) in [6.07, 6.45) is 0. The van der Waals surface area contributed by atoms with Gasteiger partial charge in [-0.15, -0.1) is 0 Å². The molecule has 29 heteroatoms. The summed E-state index contributed by atoms with van der Waals surface area (Å²) >= 11 is 0. The predicted molar refractivity (Wildman–Crippen MR) is 316 cm³/mol. The standard InChI is InChI=1S/4C12H30N3O3P.Ni/c4*1-7-13(8-2)16-19(17-14(9-3)10-4)18-15(11-5)12-6;/h4*7-12H2,1-6H3;. The molecule has 0 aromatic carbocycles. The van der Waals surface area contributed by atoms with E-state index in [1.807, 2.05) is 227 Å². The quantitative estimate of drug-likeness (QED) is 0.0323. The van der Waals surface area contributed by atoms with Crippen molar-refractivity contribution in [3.63, 3.8) is 0 Å². The second-order valence-electron chi connectivity index (χ2n) is 15.2. The van der Waals surface area contributed by atoms with Crippen molar-refractivity contribution >= 4 is 34.4 Å². The molecular weight excluding hydrogens is 1120 g/mol. The summed E-state index contributed by atoms with van der Waals surface area (Å²) in [4.78, 5) is 0. The second-order valence-corrected chi connectivity index (χ2v) is 19.0. The van der Waals surface area contributed by atoms with E-state index in [2.05, 4.69) is 0 Å². The van der Waals surface area contributed by atoms with Gasteiger partial charge < -0.3 is 0 Å². The predicted octanol–water partition coefficient (Wildman–Crippen LogP) is 12.1. The minimum absolute atomic E-state index is 0. The Labute approximate surface area is 488 Å². The molecule has 0 fully saturated rings. The third-order valence-electron chi connectivity index (χ3n) is 10.7. The minimum atomic E-state index is -1.44. The van der Waals surface area contributed by atoms with Crippen molar-refractivity contribution < 1.29 is 72.0 Å². The van der Waals surface area contributed by atoms with Gasteiger partial charge in [0.15, 0.2) is 0 Å². The first-order valence-corrected chi connectivity index (χ1v) is 33.3. The molecule has 24 nitrogen and oxygen atoms in total. The molecule has 0 saturated heterocycles. The monoisotopic (exact) mass is 1240 g/mol. The van der Waals surface area contributed by atoms with Crippen LogP contribution in [0.25, 0.3) is 0 Å². The maximum atomic E-state index is 5.79. The van der Waals surface area contributed by atoms with Gasteiger partial charge in [0.05, 0.1) is 0 Å². The van der Waals surface area contributed by atoms with Gasteiger partial charge in [-0.2, -0.15) is 60.8 Å². The molecule has 0 aliphatic carbocycles. The molecule has 0 unspecified atom stereocenters.